The first kappa shape index (κ1) is 24.8. The zero-order valence-corrected chi connectivity index (χ0v) is 21.3. The monoisotopic (exact) mass is 511 g/mol. The molecular weight excluding hydrogens is 486 g/mol. The van der Waals surface area contributed by atoms with Gasteiger partial charge in [0.15, 0.2) is 0 Å². The van der Waals surface area contributed by atoms with Crippen LogP contribution in [0.15, 0.2) is 65.6 Å². The molecular formula is C26H26ClN3O4S. The largest absolute Gasteiger partial charge is 0.494 e. The predicted octanol–water partition coefficient (Wildman–Crippen LogP) is 5.26. The van der Waals surface area contributed by atoms with Gasteiger partial charge in [0, 0.05) is 10.6 Å². The Kier molecular flexibility index (Phi) is 7.14. The van der Waals surface area contributed by atoms with Gasteiger partial charge in [-0.05, 0) is 68.3 Å². The molecule has 9 heteroatoms. The molecule has 1 aromatic heterocycles. The number of carbonyl (C=O) groups is 1. The van der Waals surface area contributed by atoms with Gasteiger partial charge >= 0.3 is 0 Å². The Morgan fingerprint density at radius 1 is 1.06 bits per heavy atom. The molecule has 182 valence electrons. The second kappa shape index (κ2) is 10.1. The summed E-state index contributed by atoms with van der Waals surface area (Å²) in [6.45, 7) is 6.81. The average molecular weight is 512 g/mol. The number of nitrogens with one attached hydrogen (secondary N) is 1. The normalized spacial score (nSPS) is 11.5. The Hall–Kier alpha value is -3.36. The van der Waals surface area contributed by atoms with E-state index in [9.17, 15) is 13.2 Å². The van der Waals surface area contributed by atoms with Crippen LogP contribution in [0.3, 0.4) is 0 Å². The minimum atomic E-state index is -4.00. The molecule has 7 nitrogen and oxygen atoms in total. The van der Waals surface area contributed by atoms with Gasteiger partial charge in [-0.3, -0.25) is 4.79 Å². The number of hydrogen-bond acceptors (Lipinski definition) is 5. The molecule has 0 saturated carbocycles. The van der Waals surface area contributed by atoms with Crippen molar-refractivity contribution in [3.05, 3.63) is 88.2 Å². The molecule has 0 spiro atoms. The number of ether oxygens (including phenoxy) is 1. The van der Waals surface area contributed by atoms with Crippen molar-refractivity contribution in [2.24, 2.45) is 0 Å². The molecule has 0 bridgehead atoms. The van der Waals surface area contributed by atoms with Crippen LogP contribution in [0.25, 0.3) is 11.0 Å². The minimum absolute atomic E-state index is 0.0272. The van der Waals surface area contributed by atoms with Crippen molar-refractivity contribution in [2.45, 2.75) is 38.6 Å². The molecule has 0 aliphatic rings. The number of halogens is 1. The molecule has 4 rings (SSSR count). The number of aromatic nitrogens is 2. The van der Waals surface area contributed by atoms with Crippen molar-refractivity contribution in [3.8, 4) is 5.75 Å². The van der Waals surface area contributed by atoms with Crippen LogP contribution in [0.4, 0.5) is 0 Å². The zero-order valence-electron chi connectivity index (χ0n) is 19.7. The van der Waals surface area contributed by atoms with Crippen LogP contribution in [0.5, 0.6) is 5.75 Å². The van der Waals surface area contributed by atoms with Gasteiger partial charge in [0.1, 0.15) is 11.6 Å². The number of benzene rings is 3. The fraction of sp³-hybridized carbons (Fsp3) is 0.231. The lowest BCUT2D eigenvalue weighted by atomic mass is 10.1. The highest BCUT2D eigenvalue weighted by Gasteiger charge is 2.20. The Bertz CT molecular complexity index is 1500. The van der Waals surface area contributed by atoms with Gasteiger partial charge in [0.2, 0.25) is 0 Å². The summed E-state index contributed by atoms with van der Waals surface area (Å²) in [6.07, 6.45) is 0.905. The summed E-state index contributed by atoms with van der Waals surface area (Å²) in [7, 11) is -4.00. The number of imidazole rings is 1. The van der Waals surface area contributed by atoms with Crippen molar-refractivity contribution < 1.29 is 17.9 Å². The van der Waals surface area contributed by atoms with E-state index in [1.165, 1.54) is 12.1 Å². The van der Waals surface area contributed by atoms with Crippen molar-refractivity contribution in [2.75, 3.05) is 6.61 Å². The van der Waals surface area contributed by atoms with E-state index in [1.54, 1.807) is 36.4 Å². The first-order chi connectivity index (χ1) is 16.7. The van der Waals surface area contributed by atoms with E-state index in [1.807, 2.05) is 37.5 Å². The van der Waals surface area contributed by atoms with Gasteiger partial charge in [0.25, 0.3) is 15.9 Å². The third-order valence-corrected chi connectivity index (χ3v) is 7.28. The highest BCUT2D eigenvalue weighted by molar-refractivity contribution is 7.90. The third kappa shape index (κ3) is 5.49. The maximum absolute atomic E-state index is 12.8. The van der Waals surface area contributed by atoms with E-state index in [2.05, 4.69) is 9.71 Å². The van der Waals surface area contributed by atoms with Crippen LogP contribution in [0, 0.1) is 13.8 Å². The van der Waals surface area contributed by atoms with E-state index in [-0.39, 0.29) is 10.5 Å². The van der Waals surface area contributed by atoms with Gasteiger partial charge in [-0.25, -0.2) is 18.1 Å². The molecule has 0 fully saturated rings. The third-order valence-electron chi connectivity index (χ3n) is 5.59. The summed E-state index contributed by atoms with van der Waals surface area (Å²) in [5, 5.41) is 0.568. The number of amides is 1. The zero-order chi connectivity index (χ0) is 25.2. The summed E-state index contributed by atoms with van der Waals surface area (Å²) in [6, 6.07) is 16.8. The predicted molar refractivity (Wildman–Crippen MR) is 137 cm³/mol. The number of hydrogen-bond donors (Lipinski definition) is 1. The molecule has 4 aromatic rings. The molecule has 0 unspecified atom stereocenters. The van der Waals surface area contributed by atoms with E-state index < -0.39 is 15.9 Å². The first-order valence-electron chi connectivity index (χ1n) is 11.2. The van der Waals surface area contributed by atoms with Crippen molar-refractivity contribution in [1.82, 2.24) is 14.3 Å². The quantitative estimate of drug-likeness (QED) is 0.348. The van der Waals surface area contributed by atoms with Gasteiger partial charge in [-0.2, -0.15) is 0 Å². The molecule has 1 N–H and O–H groups in total. The Balaban J connectivity index is 1.61. The molecule has 0 aliphatic heterocycles. The van der Waals surface area contributed by atoms with Crippen molar-refractivity contribution >= 4 is 38.6 Å². The highest BCUT2D eigenvalue weighted by Crippen LogP contribution is 2.26. The number of carbonyl (C=O) groups excluding carboxylic acids is 1. The lowest BCUT2D eigenvalue weighted by molar-refractivity contribution is 0.0981. The number of sulfonamides is 1. The van der Waals surface area contributed by atoms with Crippen LogP contribution >= 0.6 is 11.6 Å². The van der Waals surface area contributed by atoms with E-state index in [0.717, 1.165) is 23.4 Å². The number of fused-ring (bicyclic) bond motifs is 1. The van der Waals surface area contributed by atoms with Gasteiger partial charge in [0.05, 0.1) is 29.1 Å². The van der Waals surface area contributed by atoms with Gasteiger partial charge < -0.3 is 9.30 Å². The summed E-state index contributed by atoms with van der Waals surface area (Å²) < 4.78 is 35.0. The van der Waals surface area contributed by atoms with E-state index >= 15 is 0 Å². The molecule has 0 saturated heterocycles. The summed E-state index contributed by atoms with van der Waals surface area (Å²) >= 11 is 6.51. The lowest BCUT2D eigenvalue weighted by Crippen LogP contribution is -2.30. The van der Waals surface area contributed by atoms with E-state index in [0.29, 0.717) is 35.0 Å². The maximum atomic E-state index is 12.8. The number of rotatable bonds is 8. The Morgan fingerprint density at radius 3 is 2.49 bits per heavy atom. The molecule has 35 heavy (non-hydrogen) atoms. The van der Waals surface area contributed by atoms with Crippen LogP contribution in [0.2, 0.25) is 5.02 Å². The molecule has 0 radical (unpaired) electrons. The Morgan fingerprint density at radius 2 is 1.80 bits per heavy atom. The van der Waals surface area contributed by atoms with Crippen LogP contribution < -0.4 is 9.46 Å². The molecule has 0 atom stereocenters. The standard InChI is InChI=1S/C26H26ClN3O4S/c1-4-13-34-21-9-7-20(23(27)15-21)16-30-18(3)28-24-12-8-19(14-25(24)30)26(31)29-35(32,33)22-10-5-17(2)6-11-22/h5-12,14-15H,4,13,16H2,1-3H3,(H,29,31). The van der Waals surface area contributed by atoms with E-state index in [4.69, 9.17) is 16.3 Å². The van der Waals surface area contributed by atoms with Crippen molar-refractivity contribution in [3.63, 3.8) is 0 Å². The second-order valence-corrected chi connectivity index (χ2v) is 10.4. The smallest absolute Gasteiger partial charge is 0.265 e. The van der Waals surface area contributed by atoms with Crippen LogP contribution in [-0.2, 0) is 16.6 Å². The van der Waals surface area contributed by atoms with Crippen molar-refractivity contribution in [1.29, 1.82) is 0 Å². The van der Waals surface area contributed by atoms with Crippen LogP contribution in [-0.4, -0.2) is 30.5 Å². The van der Waals surface area contributed by atoms with Crippen LogP contribution in [0.1, 0.15) is 40.7 Å². The van der Waals surface area contributed by atoms with Gasteiger partial charge in [-0.15, -0.1) is 0 Å². The topological polar surface area (TPSA) is 90.3 Å². The highest BCUT2D eigenvalue weighted by atomic mass is 35.5. The molecule has 0 aliphatic carbocycles. The summed E-state index contributed by atoms with van der Waals surface area (Å²) in [5.41, 5.74) is 3.40. The first-order valence-corrected chi connectivity index (χ1v) is 13.1. The molecule has 3 aromatic carbocycles. The van der Waals surface area contributed by atoms with Gasteiger partial charge in [-0.1, -0.05) is 42.3 Å². The average Bonchev–Trinajstić information content (AvgIpc) is 3.13. The second-order valence-electron chi connectivity index (χ2n) is 8.30. The maximum Gasteiger partial charge on any atom is 0.265 e. The Labute approximate surface area is 209 Å². The molecule has 1 heterocycles. The lowest BCUT2D eigenvalue weighted by Gasteiger charge is -2.12. The minimum Gasteiger partial charge on any atom is -0.494 e. The number of nitrogens with zero attached hydrogens (tertiary/aromatic N) is 2. The fourth-order valence-electron chi connectivity index (χ4n) is 3.68. The number of aryl methyl sites for hydroxylation is 2. The summed E-state index contributed by atoms with van der Waals surface area (Å²) in [5.74, 6) is 0.738. The SMILES string of the molecule is CCCOc1ccc(Cn2c(C)nc3ccc(C(=O)NS(=O)(=O)c4ccc(C)cc4)cc32)c(Cl)c1. The fourth-order valence-corrected chi connectivity index (χ4v) is 4.88. The summed E-state index contributed by atoms with van der Waals surface area (Å²) in [4.78, 5) is 17.4. The molecule has 1 amide bonds.